The summed E-state index contributed by atoms with van der Waals surface area (Å²) in [5.41, 5.74) is 2.79. The number of aromatic nitrogens is 1. The van der Waals surface area contributed by atoms with Crippen LogP contribution in [0.1, 0.15) is 30.9 Å². The highest BCUT2D eigenvalue weighted by Crippen LogP contribution is 2.45. The van der Waals surface area contributed by atoms with Crippen molar-refractivity contribution < 1.29 is 18.6 Å². The molecule has 0 saturated carbocycles. The first kappa shape index (κ1) is 20.2. The Balaban J connectivity index is 1.51. The van der Waals surface area contributed by atoms with Crippen molar-refractivity contribution in [1.29, 1.82) is 0 Å². The predicted octanol–water partition coefficient (Wildman–Crippen LogP) is 2.12. The van der Waals surface area contributed by atoms with Gasteiger partial charge in [-0.1, -0.05) is 17.7 Å². The third kappa shape index (κ3) is 3.13. The molecule has 2 saturated heterocycles. The van der Waals surface area contributed by atoms with Gasteiger partial charge in [-0.15, -0.1) is 0 Å². The maximum Gasteiger partial charge on any atom is 0.181 e. The number of benzene rings is 1. The highest BCUT2D eigenvalue weighted by molar-refractivity contribution is 7.91. The molecule has 3 aliphatic rings. The van der Waals surface area contributed by atoms with Crippen LogP contribution in [0.2, 0.25) is 5.02 Å². The summed E-state index contributed by atoms with van der Waals surface area (Å²) in [4.78, 5) is 6.66. The molecular weight excluding hydrogens is 426 g/mol. The second-order valence-corrected chi connectivity index (χ2v) is 10.9. The van der Waals surface area contributed by atoms with Crippen molar-refractivity contribution in [3.8, 4) is 11.1 Å². The van der Waals surface area contributed by atoms with Crippen molar-refractivity contribution in [1.82, 2.24) is 10.3 Å². The number of hydrogen-bond donors (Lipinski definition) is 3. The second-order valence-electron chi connectivity index (χ2n) is 8.52. The van der Waals surface area contributed by atoms with Gasteiger partial charge in [0.2, 0.25) is 0 Å². The number of halogens is 1. The number of sulfone groups is 1. The van der Waals surface area contributed by atoms with Gasteiger partial charge in [0.15, 0.2) is 9.84 Å². The van der Waals surface area contributed by atoms with Gasteiger partial charge in [0, 0.05) is 42.0 Å². The van der Waals surface area contributed by atoms with Crippen LogP contribution in [0.5, 0.6) is 0 Å². The molecule has 1 spiro atoms. The molecule has 160 valence electrons. The van der Waals surface area contributed by atoms with Crippen LogP contribution in [0.15, 0.2) is 35.5 Å². The summed E-state index contributed by atoms with van der Waals surface area (Å²) >= 11 is 6.57. The van der Waals surface area contributed by atoms with Crippen LogP contribution in [-0.4, -0.2) is 55.2 Å². The lowest BCUT2D eigenvalue weighted by molar-refractivity contribution is 0.0198. The fraction of sp³-hybridized carbons (Fsp3) is 0.476. The number of fused-ring (bicyclic) bond motifs is 1. The van der Waals surface area contributed by atoms with E-state index in [2.05, 4.69) is 15.2 Å². The molecule has 4 heterocycles. The van der Waals surface area contributed by atoms with Gasteiger partial charge in [-0.3, -0.25) is 10.3 Å². The normalized spacial score (nSPS) is 26.8. The Hall–Kier alpha value is -1.71. The zero-order valence-electron chi connectivity index (χ0n) is 16.4. The molecule has 0 bridgehead atoms. The molecule has 7 nitrogen and oxygen atoms in total. The summed E-state index contributed by atoms with van der Waals surface area (Å²) in [6.45, 7) is 2.36. The van der Waals surface area contributed by atoms with E-state index < -0.39 is 22.2 Å². The quantitative estimate of drug-likeness (QED) is 0.645. The van der Waals surface area contributed by atoms with E-state index >= 15 is 0 Å². The number of nitrogens with zero attached hydrogens (tertiary/aromatic N) is 2. The summed E-state index contributed by atoms with van der Waals surface area (Å²) in [6.07, 6.45) is 4.55. The first-order valence-electron chi connectivity index (χ1n) is 10.2. The van der Waals surface area contributed by atoms with Gasteiger partial charge in [-0.05, 0) is 43.5 Å². The molecule has 5 rings (SSSR count). The van der Waals surface area contributed by atoms with E-state index in [1.807, 2.05) is 0 Å². The van der Waals surface area contributed by atoms with E-state index in [-0.39, 0.29) is 16.1 Å². The van der Waals surface area contributed by atoms with E-state index in [1.54, 1.807) is 30.6 Å². The molecule has 3 aliphatic heterocycles. The fourth-order valence-electron chi connectivity index (χ4n) is 5.12. The predicted molar refractivity (Wildman–Crippen MR) is 114 cm³/mol. The van der Waals surface area contributed by atoms with Crippen LogP contribution in [-0.2, 0) is 9.84 Å². The first-order chi connectivity index (χ1) is 14.3. The molecule has 1 aromatic carbocycles. The van der Waals surface area contributed by atoms with Crippen molar-refractivity contribution in [3.63, 3.8) is 0 Å². The number of aliphatic hydroxyl groups excluding tert-OH is 2. The number of pyridine rings is 1. The number of anilines is 1. The molecular formula is C21H24ClN3O4S. The molecule has 0 radical (unpaired) electrons. The van der Waals surface area contributed by atoms with E-state index in [0.29, 0.717) is 10.6 Å². The lowest BCUT2D eigenvalue weighted by atomic mass is 9.76. The minimum atomic E-state index is -3.44. The second kappa shape index (κ2) is 7.17. The standard InChI is InChI=1S/C21H24ClN3O4S/c22-16-11-23-10-15(13-1-2-18-14(9-13)17(26)12-30(18,28)29)19(16)25-7-4-21(5-8-25)3-6-24-20(21)27/h1-2,9-11,17,20,24,26-27H,3-8,12H2. The zero-order valence-corrected chi connectivity index (χ0v) is 18.0. The Morgan fingerprint density at radius 3 is 2.63 bits per heavy atom. The van der Waals surface area contributed by atoms with Crippen LogP contribution < -0.4 is 10.2 Å². The number of hydrogen-bond acceptors (Lipinski definition) is 7. The Kier molecular flexibility index (Phi) is 4.83. The Bertz CT molecular complexity index is 1100. The number of nitrogens with one attached hydrogen (secondary N) is 1. The largest absolute Gasteiger partial charge is 0.387 e. The van der Waals surface area contributed by atoms with Gasteiger partial charge in [-0.2, -0.15) is 0 Å². The van der Waals surface area contributed by atoms with Crippen LogP contribution >= 0.6 is 11.6 Å². The van der Waals surface area contributed by atoms with E-state index in [4.69, 9.17) is 11.6 Å². The monoisotopic (exact) mass is 449 g/mol. The molecule has 0 amide bonds. The molecule has 1 aromatic heterocycles. The SMILES string of the molecule is O=S1(=O)CC(O)c2cc(-c3cncc(Cl)c3N3CCC4(CCNC4O)CC3)ccc21. The van der Waals surface area contributed by atoms with Gasteiger partial charge in [0.1, 0.15) is 6.23 Å². The Morgan fingerprint density at radius 2 is 1.93 bits per heavy atom. The van der Waals surface area contributed by atoms with E-state index in [0.717, 1.165) is 55.7 Å². The number of piperidine rings is 1. The molecule has 9 heteroatoms. The summed E-state index contributed by atoms with van der Waals surface area (Å²) in [5, 5.41) is 24.3. The summed E-state index contributed by atoms with van der Waals surface area (Å²) < 4.78 is 24.4. The third-order valence-electron chi connectivity index (χ3n) is 6.88. The van der Waals surface area contributed by atoms with Crippen LogP contribution in [0.25, 0.3) is 11.1 Å². The van der Waals surface area contributed by atoms with Crippen LogP contribution in [0, 0.1) is 5.41 Å². The van der Waals surface area contributed by atoms with Gasteiger partial charge in [-0.25, -0.2) is 8.42 Å². The first-order valence-corrected chi connectivity index (χ1v) is 12.2. The van der Waals surface area contributed by atoms with Gasteiger partial charge >= 0.3 is 0 Å². The average Bonchev–Trinajstić information content (AvgIpc) is 3.18. The highest BCUT2D eigenvalue weighted by Gasteiger charge is 2.44. The fourth-order valence-corrected chi connectivity index (χ4v) is 7.00. The van der Waals surface area contributed by atoms with Crippen molar-refractivity contribution in [2.45, 2.75) is 36.5 Å². The molecule has 30 heavy (non-hydrogen) atoms. The van der Waals surface area contributed by atoms with Gasteiger partial charge in [0.05, 0.1) is 27.5 Å². The minimum absolute atomic E-state index is 0.0811. The lowest BCUT2D eigenvalue weighted by Gasteiger charge is -2.42. The summed E-state index contributed by atoms with van der Waals surface area (Å²) in [5.74, 6) is -0.281. The van der Waals surface area contributed by atoms with Gasteiger partial charge in [0.25, 0.3) is 0 Å². The van der Waals surface area contributed by atoms with Crippen molar-refractivity contribution in [2.75, 3.05) is 30.3 Å². The molecule has 3 N–H and O–H groups in total. The Morgan fingerprint density at radius 1 is 1.17 bits per heavy atom. The molecule has 2 atom stereocenters. The van der Waals surface area contributed by atoms with Crippen LogP contribution in [0.3, 0.4) is 0 Å². The molecule has 2 unspecified atom stereocenters. The lowest BCUT2D eigenvalue weighted by Crippen LogP contribution is -2.46. The third-order valence-corrected chi connectivity index (χ3v) is 8.95. The summed E-state index contributed by atoms with van der Waals surface area (Å²) in [6, 6.07) is 5.05. The average molecular weight is 450 g/mol. The minimum Gasteiger partial charge on any atom is -0.387 e. The summed E-state index contributed by atoms with van der Waals surface area (Å²) in [7, 11) is -3.44. The van der Waals surface area contributed by atoms with Gasteiger partial charge < -0.3 is 15.1 Å². The maximum atomic E-state index is 12.2. The zero-order chi connectivity index (χ0) is 21.1. The van der Waals surface area contributed by atoms with Crippen molar-refractivity contribution in [2.24, 2.45) is 5.41 Å². The smallest absolute Gasteiger partial charge is 0.181 e. The number of rotatable bonds is 2. The van der Waals surface area contributed by atoms with Crippen LogP contribution in [0.4, 0.5) is 5.69 Å². The van der Waals surface area contributed by atoms with E-state index in [9.17, 15) is 18.6 Å². The molecule has 2 aromatic rings. The highest BCUT2D eigenvalue weighted by atomic mass is 35.5. The van der Waals surface area contributed by atoms with Crippen molar-refractivity contribution >= 4 is 27.1 Å². The van der Waals surface area contributed by atoms with E-state index in [1.165, 1.54) is 0 Å². The molecule has 0 aliphatic carbocycles. The molecule has 2 fully saturated rings. The maximum absolute atomic E-state index is 12.2. The number of aliphatic hydroxyl groups is 2. The van der Waals surface area contributed by atoms with Crippen molar-refractivity contribution in [3.05, 3.63) is 41.2 Å². The topological polar surface area (TPSA) is 103 Å². The Labute approximate surface area is 180 Å².